The first kappa shape index (κ1) is 58.1. The largest absolute Gasteiger partial charge is 0.460 e. The van der Waals surface area contributed by atoms with Crippen molar-refractivity contribution in [1.82, 2.24) is 4.90 Å². The number of hydrogen-bond acceptors (Lipinski definition) is 15. The van der Waals surface area contributed by atoms with E-state index >= 15 is 0 Å². The predicted molar refractivity (Wildman–Crippen MR) is 274 cm³/mol. The molecule has 2 unspecified atom stereocenters. The number of benzene rings is 1. The summed E-state index contributed by atoms with van der Waals surface area (Å²) in [4.78, 5) is 79.7. The Morgan fingerprint density at radius 1 is 0.822 bits per heavy atom. The van der Waals surface area contributed by atoms with Gasteiger partial charge in [-0.05, 0) is 125 Å². The summed E-state index contributed by atoms with van der Waals surface area (Å²) in [6, 6.07) is 8.24. The van der Waals surface area contributed by atoms with Gasteiger partial charge in [0.15, 0.2) is 5.78 Å². The minimum atomic E-state index is -2.47. The Kier molecular flexibility index (Phi) is 20.8. The molecular formula is C57H84N2O14. The molecule has 5 aliphatic heterocycles. The zero-order valence-corrected chi connectivity index (χ0v) is 44.9. The van der Waals surface area contributed by atoms with Crippen LogP contribution in [0.25, 0.3) is 0 Å². The van der Waals surface area contributed by atoms with E-state index in [1.807, 2.05) is 68.3 Å². The van der Waals surface area contributed by atoms with E-state index in [0.717, 1.165) is 11.3 Å². The molecule has 16 nitrogen and oxygen atoms in total. The molecule has 1 aliphatic carbocycles. The van der Waals surface area contributed by atoms with Gasteiger partial charge in [-0.25, -0.2) is 9.86 Å². The lowest BCUT2D eigenvalue weighted by Crippen LogP contribution is -2.61. The highest BCUT2D eigenvalue weighted by Gasteiger charge is 2.53. The molecule has 1 amide bonds. The predicted octanol–water partition coefficient (Wildman–Crippen LogP) is 6.81. The van der Waals surface area contributed by atoms with Gasteiger partial charge in [-0.1, -0.05) is 71.0 Å². The number of nitrogens with zero attached hydrogens (tertiary/aromatic N) is 2. The Morgan fingerprint density at radius 2 is 1.55 bits per heavy atom. The third-order valence-electron chi connectivity index (χ3n) is 16.5. The van der Waals surface area contributed by atoms with Gasteiger partial charge in [0.25, 0.3) is 11.7 Å². The van der Waals surface area contributed by atoms with Crippen LogP contribution in [0, 0.1) is 35.5 Å². The number of piperidine rings is 1. The molecule has 1 saturated carbocycles. The third-order valence-corrected chi connectivity index (χ3v) is 16.5. The number of ketones is 3. The second-order valence-electron chi connectivity index (χ2n) is 21.9. The molecule has 7 rings (SSSR count). The van der Waals surface area contributed by atoms with Crippen LogP contribution in [0.2, 0.25) is 0 Å². The lowest BCUT2D eigenvalue weighted by atomic mass is 9.78. The number of allylic oxidation sites excluding steroid dienone is 1. The first-order valence-corrected chi connectivity index (χ1v) is 26.7. The van der Waals surface area contributed by atoms with Crippen molar-refractivity contribution in [2.75, 3.05) is 32.9 Å². The first-order valence-electron chi connectivity index (χ1n) is 26.7. The minimum Gasteiger partial charge on any atom is -0.460 e. The Hall–Kier alpha value is -4.13. The molecule has 73 heavy (non-hydrogen) atoms. The summed E-state index contributed by atoms with van der Waals surface area (Å²) in [6.07, 6.45) is 6.48. The van der Waals surface area contributed by atoms with Crippen LogP contribution < -0.4 is 5.06 Å². The van der Waals surface area contributed by atoms with Crippen molar-refractivity contribution in [3.05, 3.63) is 65.8 Å². The standard InChI is InChI=1S/C57H84N2O14/c1-33-26-37(5)51(62)53(70-10)52(63)38(6)27-34(2)47(61)32-49(35(3)28-40-20-24-46(60)50(30-40)69-9)71-56(66)45-18-14-15-25-58(45)55(65)54(64)57(67)39(7)19-21-42(72-57)31-48(68-8)36(4)29-43-22-23-44(33)59(73-43)41-16-12-11-13-17-41/h11-13,16-17,22-23,27,29,33-35,37,39-40,42-46,48-50,52-53,60,63,67H,14-15,18-21,24-26,28,30-32H2,1-10H3/b36-29+,38-27+/t33-,34+,35+,37+,39+,40-,42-,43?,44?,45-,46+,48-,49-,50+,52+,53-,57+/m0/s1. The summed E-state index contributed by atoms with van der Waals surface area (Å²) in [5.41, 5.74) is 2.00. The molecule has 3 fully saturated rings. The van der Waals surface area contributed by atoms with Crippen molar-refractivity contribution in [2.24, 2.45) is 35.5 Å². The Morgan fingerprint density at radius 3 is 2.23 bits per heavy atom. The van der Waals surface area contributed by atoms with Gasteiger partial charge in [0.2, 0.25) is 5.79 Å². The third kappa shape index (κ3) is 14.0. The van der Waals surface area contributed by atoms with Crippen LogP contribution in [-0.2, 0) is 52.5 Å². The molecule has 6 aliphatic rings. The Labute approximate surface area is 432 Å². The number of rotatable bonds is 7. The summed E-state index contributed by atoms with van der Waals surface area (Å²) < 4.78 is 29.9. The van der Waals surface area contributed by atoms with Crippen molar-refractivity contribution in [2.45, 2.75) is 192 Å². The maximum Gasteiger partial charge on any atom is 0.329 e. The molecule has 16 heteroatoms. The van der Waals surface area contributed by atoms with Gasteiger partial charge < -0.3 is 43.9 Å². The molecule has 0 aromatic heterocycles. The number of esters is 1. The fourth-order valence-electron chi connectivity index (χ4n) is 11.8. The summed E-state index contributed by atoms with van der Waals surface area (Å²) in [7, 11) is 4.53. The zero-order valence-electron chi connectivity index (χ0n) is 44.9. The van der Waals surface area contributed by atoms with E-state index in [9.17, 15) is 39.3 Å². The molecular weight excluding hydrogens is 937 g/mol. The average Bonchev–Trinajstić information content (AvgIpc) is 3.38. The maximum absolute atomic E-state index is 14.5. The van der Waals surface area contributed by atoms with Crippen LogP contribution in [0.15, 0.2) is 65.8 Å². The number of fused-ring (bicyclic) bond motifs is 16. The van der Waals surface area contributed by atoms with Crippen LogP contribution in [-0.4, -0.2) is 144 Å². The highest BCUT2D eigenvalue weighted by molar-refractivity contribution is 6.39. The highest BCUT2D eigenvalue weighted by Crippen LogP contribution is 2.39. The molecule has 17 atom stereocenters. The molecule has 406 valence electrons. The van der Waals surface area contributed by atoms with Crippen molar-refractivity contribution in [1.29, 1.82) is 0 Å². The number of anilines is 1. The monoisotopic (exact) mass is 1020 g/mol. The van der Waals surface area contributed by atoms with Gasteiger partial charge in [-0.2, -0.15) is 0 Å². The molecule has 4 bridgehead atoms. The van der Waals surface area contributed by atoms with Crippen molar-refractivity contribution < 1.29 is 67.8 Å². The number of carbonyl (C=O) groups is 5. The summed E-state index contributed by atoms with van der Waals surface area (Å²) in [6.45, 7) is 12.8. The number of aliphatic hydroxyl groups excluding tert-OH is 2. The number of methoxy groups -OCH3 is 3. The molecule has 0 radical (unpaired) electrons. The fourth-order valence-corrected chi connectivity index (χ4v) is 11.8. The molecule has 5 heterocycles. The SMILES string of the molecule is CO[C@H]1C[C@@H]2CC[C@@H](C)[C@@](O)(O2)C(=O)C(=O)N2CCCC[C@H]2C(=O)O[C@H]([C@H](C)C[C@@H]2CC[C@@H](O)[C@H](OC)C2)CC(=O)[C@H](C)/C=C(\C)[C@@H](O)[C@@H](OC)C(=O)[C@H](C)C[C@H](C)C2C=CC(/C=C/1C)ON2c1ccccc1. The van der Waals surface area contributed by atoms with Crippen LogP contribution in [0.4, 0.5) is 5.69 Å². The number of carbonyl (C=O) groups excluding carboxylic acids is 5. The van der Waals surface area contributed by atoms with Gasteiger partial charge in [0.1, 0.15) is 36.2 Å². The van der Waals surface area contributed by atoms with Gasteiger partial charge in [0, 0.05) is 58.5 Å². The van der Waals surface area contributed by atoms with E-state index in [2.05, 4.69) is 13.0 Å². The van der Waals surface area contributed by atoms with Crippen LogP contribution in [0.3, 0.4) is 0 Å². The number of para-hydroxylation sites is 1. The van der Waals surface area contributed by atoms with Crippen molar-refractivity contribution in [3.63, 3.8) is 0 Å². The highest BCUT2D eigenvalue weighted by atomic mass is 16.7. The summed E-state index contributed by atoms with van der Waals surface area (Å²) in [5.74, 6) is -8.42. The molecule has 1 aromatic carbocycles. The van der Waals surface area contributed by atoms with E-state index in [1.165, 1.54) is 12.0 Å². The lowest BCUT2D eigenvalue weighted by molar-refractivity contribution is -0.265. The van der Waals surface area contributed by atoms with Gasteiger partial charge in [0.05, 0.1) is 36.1 Å². The lowest BCUT2D eigenvalue weighted by Gasteiger charge is -2.43. The maximum atomic E-state index is 14.5. The zero-order chi connectivity index (χ0) is 53.3. The second kappa shape index (κ2) is 26.1. The number of hydroxylamine groups is 1. The van der Waals surface area contributed by atoms with Crippen LogP contribution in [0.5, 0.6) is 0 Å². The fraction of sp³-hybridized carbons (Fsp3) is 0.702. The van der Waals surface area contributed by atoms with Crippen LogP contribution >= 0.6 is 0 Å². The smallest absolute Gasteiger partial charge is 0.329 e. The number of aliphatic hydroxyl groups is 3. The van der Waals surface area contributed by atoms with Crippen molar-refractivity contribution >= 4 is 34.9 Å². The topological polar surface area (TPSA) is 208 Å². The molecule has 2 saturated heterocycles. The molecule has 1 aromatic rings. The van der Waals surface area contributed by atoms with E-state index in [-0.39, 0.29) is 67.3 Å². The van der Waals surface area contributed by atoms with Gasteiger partial charge >= 0.3 is 5.97 Å². The van der Waals surface area contributed by atoms with E-state index in [0.29, 0.717) is 63.4 Å². The first-order chi connectivity index (χ1) is 34.7. The summed E-state index contributed by atoms with van der Waals surface area (Å²) >= 11 is 0. The second-order valence-corrected chi connectivity index (χ2v) is 21.9. The number of hydrogen-bond donors (Lipinski definition) is 3. The molecule has 3 N–H and O–H groups in total. The number of Topliss-reactive ketones (excluding diaryl/α,β-unsaturated/α-hetero) is 3. The number of amides is 1. The van der Waals surface area contributed by atoms with Crippen molar-refractivity contribution in [3.8, 4) is 0 Å². The van der Waals surface area contributed by atoms with E-state index in [4.69, 9.17) is 28.5 Å². The normalized spacial score (nSPS) is 39.2. The van der Waals surface area contributed by atoms with Gasteiger partial charge in [-0.3, -0.25) is 24.0 Å². The van der Waals surface area contributed by atoms with E-state index < -0.39 is 90.0 Å². The number of ether oxygens (including phenoxy) is 5. The Balaban J connectivity index is 1.35. The van der Waals surface area contributed by atoms with Crippen LogP contribution in [0.1, 0.15) is 126 Å². The average molecular weight is 1020 g/mol. The van der Waals surface area contributed by atoms with E-state index in [1.54, 1.807) is 41.1 Å². The minimum absolute atomic E-state index is 0.0716. The quantitative estimate of drug-likeness (QED) is 0.146. The van der Waals surface area contributed by atoms with Gasteiger partial charge in [-0.15, -0.1) is 0 Å². The summed E-state index contributed by atoms with van der Waals surface area (Å²) in [5, 5.41) is 36.2. The molecule has 0 spiro atoms. The Bertz CT molecular complexity index is 2150.